The molecule has 24 heavy (non-hydrogen) atoms. The molecule has 2 aromatic rings. The first-order valence-electron chi connectivity index (χ1n) is 8.86. The number of pyridine rings is 1. The Morgan fingerprint density at radius 2 is 2.08 bits per heavy atom. The molecule has 4 rings (SSSR count). The van der Waals surface area contributed by atoms with Crippen molar-refractivity contribution in [3.63, 3.8) is 0 Å². The van der Waals surface area contributed by atoms with Crippen molar-refractivity contribution >= 4 is 11.3 Å². The normalized spacial score (nSPS) is 26.0. The van der Waals surface area contributed by atoms with Crippen LogP contribution in [0.2, 0.25) is 0 Å². The van der Waals surface area contributed by atoms with Gasteiger partial charge in [0, 0.05) is 51.2 Å². The van der Waals surface area contributed by atoms with Gasteiger partial charge in [-0.2, -0.15) is 11.3 Å². The fraction of sp³-hybridized carbons (Fsp3) is 0.526. The van der Waals surface area contributed by atoms with E-state index in [0.29, 0.717) is 12.1 Å². The molecule has 128 valence electrons. The van der Waals surface area contributed by atoms with E-state index in [-0.39, 0.29) is 0 Å². The van der Waals surface area contributed by atoms with Gasteiger partial charge in [-0.1, -0.05) is 6.07 Å². The van der Waals surface area contributed by atoms with Crippen molar-refractivity contribution in [2.75, 3.05) is 26.2 Å². The molecule has 0 N–H and O–H groups in total. The van der Waals surface area contributed by atoms with Gasteiger partial charge in [0.05, 0.1) is 12.7 Å². The summed E-state index contributed by atoms with van der Waals surface area (Å²) in [7, 11) is 0. The Kier molecular flexibility index (Phi) is 5.23. The molecule has 4 nitrogen and oxygen atoms in total. The molecule has 2 atom stereocenters. The van der Waals surface area contributed by atoms with E-state index in [1.54, 1.807) is 11.3 Å². The Morgan fingerprint density at radius 3 is 2.92 bits per heavy atom. The number of nitrogens with zero attached hydrogens (tertiary/aromatic N) is 3. The first-order chi connectivity index (χ1) is 11.9. The number of ether oxygens (including phenoxy) is 1. The maximum Gasteiger partial charge on any atom is 0.0743 e. The first-order valence-corrected chi connectivity index (χ1v) is 9.81. The Hall–Kier alpha value is -1.27. The quantitative estimate of drug-likeness (QED) is 0.853. The predicted molar refractivity (Wildman–Crippen MR) is 97.0 cm³/mol. The molecule has 2 aliphatic rings. The van der Waals surface area contributed by atoms with Crippen LogP contribution in [0, 0.1) is 0 Å². The summed E-state index contributed by atoms with van der Waals surface area (Å²) in [6, 6.07) is 6.99. The summed E-state index contributed by atoms with van der Waals surface area (Å²) in [5, 5.41) is 4.44. The maximum atomic E-state index is 6.13. The molecule has 0 aromatic carbocycles. The van der Waals surface area contributed by atoms with Crippen molar-refractivity contribution in [2.45, 2.75) is 38.1 Å². The number of likely N-dealkylation sites (tertiary alicyclic amines) is 1. The van der Waals surface area contributed by atoms with Crippen LogP contribution < -0.4 is 0 Å². The average Bonchev–Trinajstić information content (AvgIpc) is 3.03. The van der Waals surface area contributed by atoms with E-state index in [2.05, 4.69) is 37.7 Å². The molecular weight excluding hydrogens is 318 g/mol. The van der Waals surface area contributed by atoms with Crippen LogP contribution in [0.5, 0.6) is 0 Å². The number of fused-ring (bicyclic) bond motifs is 1. The molecule has 4 heterocycles. The van der Waals surface area contributed by atoms with Crippen LogP contribution in [0.3, 0.4) is 0 Å². The van der Waals surface area contributed by atoms with Crippen LogP contribution in [-0.4, -0.2) is 53.2 Å². The lowest BCUT2D eigenvalue weighted by Gasteiger charge is -2.40. The van der Waals surface area contributed by atoms with E-state index >= 15 is 0 Å². The molecule has 2 aromatic heterocycles. The number of morpholine rings is 1. The summed E-state index contributed by atoms with van der Waals surface area (Å²) in [5.74, 6) is 0. The molecule has 2 unspecified atom stereocenters. The smallest absolute Gasteiger partial charge is 0.0743 e. The van der Waals surface area contributed by atoms with Gasteiger partial charge in [-0.3, -0.25) is 14.8 Å². The average molecular weight is 343 g/mol. The van der Waals surface area contributed by atoms with Crippen molar-refractivity contribution in [1.82, 2.24) is 14.8 Å². The second-order valence-corrected chi connectivity index (χ2v) is 7.57. The molecule has 0 radical (unpaired) electrons. The van der Waals surface area contributed by atoms with Crippen LogP contribution in [0.1, 0.15) is 24.0 Å². The summed E-state index contributed by atoms with van der Waals surface area (Å²) < 4.78 is 6.13. The lowest BCUT2D eigenvalue weighted by Crippen LogP contribution is -2.50. The molecule has 0 saturated carbocycles. The minimum atomic E-state index is 0.378. The van der Waals surface area contributed by atoms with Gasteiger partial charge in [-0.15, -0.1) is 0 Å². The highest BCUT2D eigenvalue weighted by atomic mass is 32.1. The third-order valence-corrected chi connectivity index (χ3v) is 5.91. The van der Waals surface area contributed by atoms with E-state index in [1.165, 1.54) is 17.5 Å². The molecule has 0 bridgehead atoms. The van der Waals surface area contributed by atoms with Gasteiger partial charge < -0.3 is 4.74 Å². The van der Waals surface area contributed by atoms with Crippen molar-refractivity contribution in [2.24, 2.45) is 0 Å². The SMILES string of the molecule is c1cncc(CN2CCOC3CCN(Cc4ccsc4)CCC32)c1. The molecule has 5 heteroatoms. The zero-order chi connectivity index (χ0) is 16.2. The zero-order valence-corrected chi connectivity index (χ0v) is 14.8. The van der Waals surface area contributed by atoms with Gasteiger partial charge >= 0.3 is 0 Å². The zero-order valence-electron chi connectivity index (χ0n) is 14.0. The molecule has 0 spiro atoms. The first kappa shape index (κ1) is 16.2. The van der Waals surface area contributed by atoms with Crippen molar-refractivity contribution in [1.29, 1.82) is 0 Å². The number of hydrogen-bond donors (Lipinski definition) is 0. The molecule has 0 amide bonds. The number of aromatic nitrogens is 1. The standard InChI is InChI=1S/C19H25N3OS/c1-2-16(12-20-6-1)14-22-9-10-23-19-4-8-21(7-3-18(19)22)13-17-5-11-24-15-17/h1-2,5-6,11-12,15,18-19H,3-4,7-10,13-14H2. The lowest BCUT2D eigenvalue weighted by atomic mass is 10.0. The van der Waals surface area contributed by atoms with Crippen molar-refractivity contribution < 1.29 is 4.74 Å². The van der Waals surface area contributed by atoms with E-state index < -0.39 is 0 Å². The number of hydrogen-bond acceptors (Lipinski definition) is 5. The van der Waals surface area contributed by atoms with Gasteiger partial charge in [0.2, 0.25) is 0 Å². The summed E-state index contributed by atoms with van der Waals surface area (Å²) in [6.07, 6.45) is 6.54. The highest BCUT2D eigenvalue weighted by Gasteiger charge is 2.34. The summed E-state index contributed by atoms with van der Waals surface area (Å²) in [5.41, 5.74) is 2.75. The van der Waals surface area contributed by atoms with E-state index in [9.17, 15) is 0 Å². The van der Waals surface area contributed by atoms with Crippen LogP contribution >= 0.6 is 11.3 Å². The topological polar surface area (TPSA) is 28.6 Å². The highest BCUT2D eigenvalue weighted by Crippen LogP contribution is 2.26. The molecule has 0 aliphatic carbocycles. The summed E-state index contributed by atoms with van der Waals surface area (Å²) in [6.45, 7) is 6.24. The van der Waals surface area contributed by atoms with Crippen LogP contribution in [-0.2, 0) is 17.8 Å². The largest absolute Gasteiger partial charge is 0.375 e. The molecule has 2 saturated heterocycles. The molecule has 2 aliphatic heterocycles. The monoisotopic (exact) mass is 343 g/mol. The van der Waals surface area contributed by atoms with Gasteiger partial charge in [-0.05, 0) is 46.9 Å². The Balaban J connectivity index is 1.40. The summed E-state index contributed by atoms with van der Waals surface area (Å²) in [4.78, 5) is 9.46. The van der Waals surface area contributed by atoms with Gasteiger partial charge in [0.1, 0.15) is 0 Å². The highest BCUT2D eigenvalue weighted by molar-refractivity contribution is 7.07. The Morgan fingerprint density at radius 1 is 1.12 bits per heavy atom. The van der Waals surface area contributed by atoms with Crippen molar-refractivity contribution in [3.8, 4) is 0 Å². The maximum absolute atomic E-state index is 6.13. The minimum absolute atomic E-state index is 0.378. The van der Waals surface area contributed by atoms with Crippen LogP contribution in [0.15, 0.2) is 41.4 Å². The van der Waals surface area contributed by atoms with E-state index in [1.807, 2.05) is 18.5 Å². The van der Waals surface area contributed by atoms with Crippen LogP contribution in [0.4, 0.5) is 0 Å². The van der Waals surface area contributed by atoms with E-state index in [4.69, 9.17) is 4.74 Å². The van der Waals surface area contributed by atoms with Crippen LogP contribution in [0.25, 0.3) is 0 Å². The van der Waals surface area contributed by atoms with Gasteiger partial charge in [0.25, 0.3) is 0 Å². The fourth-order valence-corrected chi connectivity index (χ4v) is 4.60. The second kappa shape index (κ2) is 7.74. The molecular formula is C19H25N3OS. The minimum Gasteiger partial charge on any atom is -0.375 e. The summed E-state index contributed by atoms with van der Waals surface area (Å²) >= 11 is 1.79. The fourth-order valence-electron chi connectivity index (χ4n) is 3.94. The van der Waals surface area contributed by atoms with Gasteiger partial charge in [-0.25, -0.2) is 0 Å². The van der Waals surface area contributed by atoms with E-state index in [0.717, 1.165) is 45.8 Å². The predicted octanol–water partition coefficient (Wildman–Crippen LogP) is 3.01. The van der Waals surface area contributed by atoms with Crippen molar-refractivity contribution in [3.05, 3.63) is 52.5 Å². The Labute approximate surface area is 148 Å². The third kappa shape index (κ3) is 3.86. The third-order valence-electron chi connectivity index (χ3n) is 5.17. The Bertz CT molecular complexity index is 619. The lowest BCUT2D eigenvalue weighted by molar-refractivity contribution is -0.0747. The molecule has 2 fully saturated rings. The number of thiophene rings is 1. The number of rotatable bonds is 4. The van der Waals surface area contributed by atoms with Gasteiger partial charge in [0.15, 0.2) is 0 Å². The second-order valence-electron chi connectivity index (χ2n) is 6.79.